The minimum atomic E-state index is -0.852. The zero-order valence-electron chi connectivity index (χ0n) is 19.7. The Balaban J connectivity index is 1.26. The second-order valence-electron chi connectivity index (χ2n) is 9.30. The lowest BCUT2D eigenvalue weighted by atomic mass is 9.89. The van der Waals surface area contributed by atoms with E-state index in [1.165, 1.54) is 11.1 Å². The van der Waals surface area contributed by atoms with E-state index in [2.05, 4.69) is 29.6 Å². The lowest BCUT2D eigenvalue weighted by Gasteiger charge is -2.38. The average molecular weight is 465 g/mol. The molecule has 1 aliphatic heterocycles. The summed E-state index contributed by atoms with van der Waals surface area (Å²) in [5, 5.41) is 12.1. The molecule has 1 heterocycles. The zero-order valence-corrected chi connectivity index (χ0v) is 19.7. The van der Waals surface area contributed by atoms with Gasteiger partial charge in [-0.15, -0.1) is 0 Å². The summed E-state index contributed by atoms with van der Waals surface area (Å²) in [5.41, 5.74) is 4.67. The number of fused-ring (bicyclic) bond motifs is 3. The predicted octanol–water partition coefficient (Wildman–Crippen LogP) is 4.26. The molecule has 4 rings (SSSR count). The Kier molecular flexibility index (Phi) is 7.20. The molecule has 2 aromatic carbocycles. The molecule has 3 unspecified atom stereocenters. The van der Waals surface area contributed by atoms with Crippen LogP contribution in [0.1, 0.15) is 50.2 Å². The van der Waals surface area contributed by atoms with Gasteiger partial charge in [-0.2, -0.15) is 0 Å². The Hall–Kier alpha value is -3.35. The van der Waals surface area contributed by atoms with Crippen LogP contribution in [0.5, 0.6) is 0 Å². The highest BCUT2D eigenvalue weighted by Crippen LogP contribution is 2.44. The Labute approximate surface area is 200 Å². The fraction of sp³-hybridized carbons (Fsp3) is 0.444. The van der Waals surface area contributed by atoms with Gasteiger partial charge in [0.15, 0.2) is 0 Å². The number of aliphatic carboxylic acids is 1. The Morgan fingerprint density at radius 3 is 2.32 bits per heavy atom. The second-order valence-corrected chi connectivity index (χ2v) is 9.30. The first-order valence-corrected chi connectivity index (χ1v) is 12.0. The fourth-order valence-electron chi connectivity index (χ4n) is 5.23. The maximum atomic E-state index is 12.9. The third kappa shape index (κ3) is 4.79. The summed E-state index contributed by atoms with van der Waals surface area (Å²) in [6.07, 6.45) is 1.25. The second kappa shape index (κ2) is 10.3. The molecule has 3 atom stereocenters. The zero-order chi connectivity index (χ0) is 24.2. The highest BCUT2D eigenvalue weighted by atomic mass is 16.5. The minimum Gasteiger partial charge on any atom is -0.481 e. The number of carbonyl (C=O) groups excluding carboxylic acids is 2. The molecule has 0 spiro atoms. The van der Waals surface area contributed by atoms with Gasteiger partial charge in [-0.1, -0.05) is 55.5 Å². The predicted molar refractivity (Wildman–Crippen MR) is 128 cm³/mol. The average Bonchev–Trinajstić information content (AvgIpc) is 3.16. The molecule has 2 amide bonds. The van der Waals surface area contributed by atoms with Crippen molar-refractivity contribution in [1.82, 2.24) is 10.2 Å². The molecule has 1 aliphatic carbocycles. The number of carboxylic acid groups (broad SMARTS) is 1. The number of carboxylic acids is 1. The van der Waals surface area contributed by atoms with E-state index in [0.717, 1.165) is 11.1 Å². The number of nitrogens with one attached hydrogen (secondary N) is 1. The van der Waals surface area contributed by atoms with Crippen molar-refractivity contribution in [2.24, 2.45) is 11.8 Å². The van der Waals surface area contributed by atoms with Gasteiger partial charge in [0.25, 0.3) is 0 Å². The summed E-state index contributed by atoms with van der Waals surface area (Å²) < 4.78 is 5.55. The van der Waals surface area contributed by atoms with Crippen LogP contribution in [0, 0.1) is 11.8 Å². The molecule has 34 heavy (non-hydrogen) atoms. The summed E-state index contributed by atoms with van der Waals surface area (Å²) in [7, 11) is 0. The fourth-order valence-corrected chi connectivity index (χ4v) is 5.23. The van der Waals surface area contributed by atoms with Crippen LogP contribution < -0.4 is 5.32 Å². The van der Waals surface area contributed by atoms with Gasteiger partial charge >= 0.3 is 12.1 Å². The van der Waals surface area contributed by atoms with Gasteiger partial charge in [-0.3, -0.25) is 9.59 Å². The van der Waals surface area contributed by atoms with Crippen molar-refractivity contribution >= 4 is 18.0 Å². The van der Waals surface area contributed by atoms with E-state index in [1.54, 1.807) is 11.8 Å². The van der Waals surface area contributed by atoms with Crippen molar-refractivity contribution in [2.45, 2.75) is 45.1 Å². The van der Waals surface area contributed by atoms with Crippen molar-refractivity contribution in [3.8, 4) is 11.1 Å². The monoisotopic (exact) mass is 464 g/mol. The number of rotatable bonds is 7. The molecule has 0 saturated carbocycles. The molecule has 0 bridgehead atoms. The smallest absolute Gasteiger partial charge is 0.407 e. The Bertz CT molecular complexity index is 1020. The van der Waals surface area contributed by atoms with Crippen LogP contribution in [0.25, 0.3) is 11.1 Å². The van der Waals surface area contributed by atoms with Gasteiger partial charge < -0.3 is 20.1 Å². The first-order chi connectivity index (χ1) is 16.4. The molecule has 2 aromatic rings. The van der Waals surface area contributed by atoms with E-state index in [4.69, 9.17) is 4.74 Å². The van der Waals surface area contributed by atoms with Crippen molar-refractivity contribution < 1.29 is 24.2 Å². The number of hydrogen-bond acceptors (Lipinski definition) is 4. The summed E-state index contributed by atoms with van der Waals surface area (Å²) in [5.74, 6) is -1.75. The van der Waals surface area contributed by atoms with E-state index < -0.39 is 18.0 Å². The van der Waals surface area contributed by atoms with Gasteiger partial charge in [0.2, 0.25) is 5.91 Å². The number of carbonyl (C=O) groups is 3. The Morgan fingerprint density at radius 2 is 1.71 bits per heavy atom. The number of ether oxygens (including phenoxy) is 1. The molecule has 1 saturated heterocycles. The maximum Gasteiger partial charge on any atom is 0.407 e. The molecule has 1 fully saturated rings. The van der Waals surface area contributed by atoms with Gasteiger partial charge in [0.1, 0.15) is 6.61 Å². The molecular formula is C27H32N2O5. The number of hydrogen-bond donors (Lipinski definition) is 2. The van der Waals surface area contributed by atoms with Crippen LogP contribution in [0.3, 0.4) is 0 Å². The van der Waals surface area contributed by atoms with Gasteiger partial charge in [-0.05, 0) is 48.4 Å². The van der Waals surface area contributed by atoms with Crippen molar-refractivity contribution in [1.29, 1.82) is 0 Å². The van der Waals surface area contributed by atoms with Gasteiger partial charge in [0.05, 0.1) is 5.92 Å². The Morgan fingerprint density at radius 1 is 1.09 bits per heavy atom. The van der Waals surface area contributed by atoms with Crippen LogP contribution in [0.2, 0.25) is 0 Å². The lowest BCUT2D eigenvalue weighted by molar-refractivity contribution is -0.150. The molecular weight excluding hydrogens is 432 g/mol. The highest BCUT2D eigenvalue weighted by molar-refractivity contribution is 5.81. The summed E-state index contributed by atoms with van der Waals surface area (Å²) in [6, 6.07) is 16.0. The number of amides is 2. The summed E-state index contributed by atoms with van der Waals surface area (Å²) in [6.45, 7) is 4.76. The molecule has 180 valence electrons. The summed E-state index contributed by atoms with van der Waals surface area (Å²) >= 11 is 0. The normalized spacial score (nSPS) is 20.2. The van der Waals surface area contributed by atoms with Crippen LogP contribution in [0.15, 0.2) is 48.5 Å². The SMILES string of the molecule is CC(CCNC(=O)OCC1c2ccccc2-c2ccccc21)C(=O)N1CCCC(C(=O)O)C1C. The van der Waals surface area contributed by atoms with Crippen LogP contribution in [-0.4, -0.2) is 53.7 Å². The molecule has 2 N–H and O–H groups in total. The van der Waals surface area contributed by atoms with Gasteiger partial charge in [0, 0.05) is 31.0 Å². The van der Waals surface area contributed by atoms with Crippen LogP contribution in [0.4, 0.5) is 4.79 Å². The molecule has 7 heteroatoms. The molecule has 2 aliphatic rings. The summed E-state index contributed by atoms with van der Waals surface area (Å²) in [4.78, 5) is 38.4. The van der Waals surface area contributed by atoms with E-state index in [0.29, 0.717) is 32.4 Å². The topological polar surface area (TPSA) is 95.9 Å². The van der Waals surface area contributed by atoms with E-state index in [1.807, 2.05) is 31.2 Å². The van der Waals surface area contributed by atoms with E-state index in [9.17, 15) is 19.5 Å². The number of nitrogens with zero attached hydrogens (tertiary/aromatic N) is 1. The maximum absolute atomic E-state index is 12.9. The van der Waals surface area contributed by atoms with Gasteiger partial charge in [-0.25, -0.2) is 4.79 Å². The number of alkyl carbamates (subject to hydrolysis) is 1. The largest absolute Gasteiger partial charge is 0.481 e. The minimum absolute atomic E-state index is 0.00132. The van der Waals surface area contributed by atoms with E-state index in [-0.39, 0.29) is 30.4 Å². The van der Waals surface area contributed by atoms with Crippen molar-refractivity contribution in [3.63, 3.8) is 0 Å². The van der Waals surface area contributed by atoms with Crippen LogP contribution >= 0.6 is 0 Å². The third-order valence-corrected chi connectivity index (χ3v) is 7.20. The molecule has 7 nitrogen and oxygen atoms in total. The third-order valence-electron chi connectivity index (χ3n) is 7.20. The first-order valence-electron chi connectivity index (χ1n) is 12.0. The van der Waals surface area contributed by atoms with Crippen LogP contribution in [-0.2, 0) is 14.3 Å². The number of benzene rings is 2. The first kappa shape index (κ1) is 23.8. The van der Waals surface area contributed by atoms with Crippen molar-refractivity contribution in [3.05, 3.63) is 59.7 Å². The van der Waals surface area contributed by atoms with Crippen molar-refractivity contribution in [2.75, 3.05) is 19.7 Å². The highest BCUT2D eigenvalue weighted by Gasteiger charge is 2.36. The van der Waals surface area contributed by atoms with E-state index >= 15 is 0 Å². The quantitative estimate of drug-likeness (QED) is 0.638. The molecule has 0 radical (unpaired) electrons. The molecule has 0 aromatic heterocycles. The number of piperidine rings is 1. The standard InChI is InChI=1S/C27H32N2O5/c1-17(25(30)29-15-7-12-19(18(29)2)26(31)32)13-14-28-27(33)34-16-24-22-10-5-3-8-20(22)21-9-4-6-11-23(21)24/h3-6,8-11,17-19,24H,7,12-16H2,1-2H3,(H,28,33)(H,31,32). The lowest BCUT2D eigenvalue weighted by Crippen LogP contribution is -2.51. The number of likely N-dealkylation sites (tertiary alicyclic amines) is 1.